The number of amides is 1. The number of nitrogens with one attached hydrogen (secondary N) is 1. The van der Waals surface area contributed by atoms with Gasteiger partial charge in [0.1, 0.15) is 5.69 Å². The van der Waals surface area contributed by atoms with Gasteiger partial charge in [0.2, 0.25) is 0 Å². The topological polar surface area (TPSA) is 42.0 Å². The van der Waals surface area contributed by atoms with Gasteiger partial charge in [-0.2, -0.15) is 0 Å². The van der Waals surface area contributed by atoms with Crippen LogP contribution in [-0.4, -0.2) is 17.4 Å². The monoisotopic (exact) mass is 314 g/mol. The third-order valence-corrected chi connectivity index (χ3v) is 3.97. The maximum atomic E-state index is 11.8. The summed E-state index contributed by atoms with van der Waals surface area (Å²) < 4.78 is 0. The molecule has 19 heavy (non-hydrogen) atoms. The first-order valence-corrected chi connectivity index (χ1v) is 7.39. The Kier molecular flexibility index (Phi) is 4.80. The van der Waals surface area contributed by atoms with Gasteiger partial charge in [-0.25, -0.2) is 4.98 Å². The molecule has 0 radical (unpaired) electrons. The average Bonchev–Trinajstić information content (AvgIpc) is 2.89. The third kappa shape index (κ3) is 3.47. The molecule has 0 bridgehead atoms. The Balaban J connectivity index is 2.02. The van der Waals surface area contributed by atoms with Gasteiger partial charge in [-0.1, -0.05) is 36.2 Å². The molecule has 1 N–H and O–H groups in total. The van der Waals surface area contributed by atoms with Crippen LogP contribution in [0.1, 0.15) is 28.9 Å². The Hall–Kier alpha value is -1.10. The second-order valence-corrected chi connectivity index (χ2v) is 5.65. The fourth-order valence-corrected chi connectivity index (χ4v) is 3.05. The van der Waals surface area contributed by atoms with Gasteiger partial charge in [-0.15, -0.1) is 11.3 Å². The van der Waals surface area contributed by atoms with Gasteiger partial charge < -0.3 is 5.32 Å². The summed E-state index contributed by atoms with van der Waals surface area (Å²) in [6.07, 6.45) is 0. The Labute approximate surface area is 125 Å². The summed E-state index contributed by atoms with van der Waals surface area (Å²) in [5.41, 5.74) is 2.91. The van der Waals surface area contributed by atoms with Crippen LogP contribution in [0.5, 0.6) is 0 Å². The Morgan fingerprint density at radius 1 is 1.42 bits per heavy atom. The molecule has 0 spiro atoms. The molecule has 1 aromatic carbocycles. The summed E-state index contributed by atoms with van der Waals surface area (Å²) in [5, 5.41) is 5.76. The lowest BCUT2D eigenvalue weighted by Gasteiger charge is -2.15. The van der Waals surface area contributed by atoms with Gasteiger partial charge in [0.05, 0.1) is 5.51 Å². The molecule has 0 aliphatic carbocycles. The number of thiazole rings is 1. The maximum Gasteiger partial charge on any atom is 0.270 e. The standard InChI is InChI=1S/C13H12Cl2N2OS/c1-8(12-9(14)3-2-4-10(12)15)5-16-13(18)11-6-19-7-17-11/h2-4,6-8H,5H2,1H3,(H,16,18). The van der Waals surface area contributed by atoms with Crippen LogP contribution in [0, 0.1) is 0 Å². The van der Waals surface area contributed by atoms with Crippen LogP contribution in [0.25, 0.3) is 0 Å². The molecular formula is C13H12Cl2N2OS. The Bertz CT molecular complexity index is 552. The number of benzene rings is 1. The lowest BCUT2D eigenvalue weighted by atomic mass is 10.0. The minimum atomic E-state index is -0.184. The highest BCUT2D eigenvalue weighted by Crippen LogP contribution is 2.30. The molecule has 1 aromatic heterocycles. The SMILES string of the molecule is CC(CNC(=O)c1cscn1)c1c(Cl)cccc1Cl. The van der Waals surface area contributed by atoms with Crippen molar-refractivity contribution < 1.29 is 4.79 Å². The molecule has 1 unspecified atom stereocenters. The highest BCUT2D eigenvalue weighted by molar-refractivity contribution is 7.07. The van der Waals surface area contributed by atoms with E-state index in [0.29, 0.717) is 22.3 Å². The predicted molar refractivity (Wildman–Crippen MR) is 79.3 cm³/mol. The molecule has 0 saturated heterocycles. The normalized spacial score (nSPS) is 12.2. The largest absolute Gasteiger partial charge is 0.350 e. The van der Waals surface area contributed by atoms with Crippen LogP contribution < -0.4 is 5.32 Å². The van der Waals surface area contributed by atoms with E-state index in [4.69, 9.17) is 23.2 Å². The molecule has 0 aliphatic heterocycles. The molecule has 0 aliphatic rings. The summed E-state index contributed by atoms with van der Waals surface area (Å²) in [6, 6.07) is 5.39. The van der Waals surface area contributed by atoms with Crippen molar-refractivity contribution in [3.8, 4) is 0 Å². The van der Waals surface area contributed by atoms with E-state index in [-0.39, 0.29) is 11.8 Å². The smallest absolute Gasteiger partial charge is 0.270 e. The Morgan fingerprint density at radius 2 is 2.11 bits per heavy atom. The first-order valence-electron chi connectivity index (χ1n) is 5.70. The van der Waals surface area contributed by atoms with E-state index in [2.05, 4.69) is 10.3 Å². The van der Waals surface area contributed by atoms with Gasteiger partial charge >= 0.3 is 0 Å². The molecule has 2 rings (SSSR count). The average molecular weight is 315 g/mol. The van der Waals surface area contributed by atoms with Crippen molar-refractivity contribution in [2.45, 2.75) is 12.8 Å². The first-order chi connectivity index (χ1) is 9.09. The van der Waals surface area contributed by atoms with E-state index >= 15 is 0 Å². The molecule has 1 heterocycles. The van der Waals surface area contributed by atoms with Gasteiger partial charge in [-0.05, 0) is 17.7 Å². The summed E-state index contributed by atoms with van der Waals surface area (Å²) in [5.74, 6) is -0.153. The van der Waals surface area contributed by atoms with E-state index in [0.717, 1.165) is 5.56 Å². The van der Waals surface area contributed by atoms with Crippen molar-refractivity contribution in [1.82, 2.24) is 10.3 Å². The number of hydrogen-bond acceptors (Lipinski definition) is 3. The number of rotatable bonds is 4. The van der Waals surface area contributed by atoms with Crippen molar-refractivity contribution in [3.05, 3.63) is 50.4 Å². The molecular weight excluding hydrogens is 303 g/mol. The van der Waals surface area contributed by atoms with Crippen molar-refractivity contribution in [2.24, 2.45) is 0 Å². The lowest BCUT2D eigenvalue weighted by Crippen LogP contribution is -2.27. The van der Waals surface area contributed by atoms with Crippen LogP contribution in [0.15, 0.2) is 29.1 Å². The minimum absolute atomic E-state index is 0.0313. The molecule has 3 nitrogen and oxygen atoms in total. The highest BCUT2D eigenvalue weighted by atomic mass is 35.5. The van der Waals surface area contributed by atoms with Gasteiger partial charge in [0.15, 0.2) is 0 Å². The molecule has 1 amide bonds. The van der Waals surface area contributed by atoms with Crippen molar-refractivity contribution in [3.63, 3.8) is 0 Å². The van der Waals surface area contributed by atoms with Crippen molar-refractivity contribution in [1.29, 1.82) is 0 Å². The summed E-state index contributed by atoms with van der Waals surface area (Å²) >= 11 is 13.7. The van der Waals surface area contributed by atoms with E-state index in [1.807, 2.05) is 6.92 Å². The second kappa shape index (κ2) is 6.37. The Morgan fingerprint density at radius 3 is 2.68 bits per heavy atom. The van der Waals surface area contributed by atoms with Crippen LogP contribution in [0.3, 0.4) is 0 Å². The van der Waals surface area contributed by atoms with Crippen molar-refractivity contribution >= 4 is 40.4 Å². The number of halogens is 2. The molecule has 100 valence electrons. The zero-order chi connectivity index (χ0) is 13.8. The fourth-order valence-electron chi connectivity index (χ4n) is 1.74. The summed E-state index contributed by atoms with van der Waals surface area (Å²) in [7, 11) is 0. The molecule has 1 atom stereocenters. The van der Waals surface area contributed by atoms with Crippen LogP contribution in [0.2, 0.25) is 10.0 Å². The zero-order valence-corrected chi connectivity index (χ0v) is 12.5. The van der Waals surface area contributed by atoms with Crippen molar-refractivity contribution in [2.75, 3.05) is 6.54 Å². The quantitative estimate of drug-likeness (QED) is 0.927. The number of hydrogen-bond donors (Lipinski definition) is 1. The summed E-state index contributed by atoms with van der Waals surface area (Å²) in [4.78, 5) is 15.7. The van der Waals surface area contributed by atoms with Gasteiger partial charge in [0.25, 0.3) is 5.91 Å². The molecule has 0 saturated carbocycles. The third-order valence-electron chi connectivity index (χ3n) is 2.73. The fraction of sp³-hybridized carbons (Fsp3) is 0.231. The van der Waals surface area contributed by atoms with Gasteiger partial charge in [0, 0.05) is 27.9 Å². The number of carbonyl (C=O) groups is 1. The lowest BCUT2D eigenvalue weighted by molar-refractivity contribution is 0.0947. The summed E-state index contributed by atoms with van der Waals surface area (Å²) in [6.45, 7) is 2.42. The van der Waals surface area contributed by atoms with E-state index < -0.39 is 0 Å². The number of carbonyl (C=O) groups excluding carboxylic acids is 1. The molecule has 2 aromatic rings. The van der Waals surface area contributed by atoms with Crippen LogP contribution >= 0.6 is 34.5 Å². The number of aromatic nitrogens is 1. The maximum absolute atomic E-state index is 11.8. The van der Waals surface area contributed by atoms with E-state index in [1.165, 1.54) is 11.3 Å². The van der Waals surface area contributed by atoms with Crippen LogP contribution in [0.4, 0.5) is 0 Å². The van der Waals surface area contributed by atoms with E-state index in [9.17, 15) is 4.79 Å². The minimum Gasteiger partial charge on any atom is -0.350 e. The highest BCUT2D eigenvalue weighted by Gasteiger charge is 2.15. The molecule has 6 heteroatoms. The molecule has 0 fully saturated rings. The second-order valence-electron chi connectivity index (χ2n) is 4.12. The predicted octanol–water partition coefficient (Wildman–Crippen LogP) is 3.98. The first kappa shape index (κ1) is 14.3. The zero-order valence-electron chi connectivity index (χ0n) is 10.2. The van der Waals surface area contributed by atoms with Gasteiger partial charge in [-0.3, -0.25) is 4.79 Å². The van der Waals surface area contributed by atoms with Crippen LogP contribution in [-0.2, 0) is 0 Å². The number of nitrogens with zero attached hydrogens (tertiary/aromatic N) is 1. The van der Waals surface area contributed by atoms with E-state index in [1.54, 1.807) is 29.1 Å².